The maximum atomic E-state index is 12.9. The van der Waals surface area contributed by atoms with Crippen molar-refractivity contribution >= 4 is 29.2 Å². The molecule has 158 valence electrons. The van der Waals surface area contributed by atoms with Crippen LogP contribution in [0.1, 0.15) is 0 Å². The lowest BCUT2D eigenvalue weighted by molar-refractivity contribution is -0.0881. The molecular weight excluding hydrogens is 427 g/mol. The molecule has 3 aromatic rings. The number of anilines is 3. The molecule has 0 aliphatic carbocycles. The maximum absolute atomic E-state index is 12.9. The van der Waals surface area contributed by atoms with E-state index >= 15 is 0 Å². The van der Waals surface area contributed by atoms with Crippen molar-refractivity contribution in [2.45, 2.75) is 6.18 Å². The average molecular weight is 444 g/mol. The second-order valence-electron chi connectivity index (χ2n) is 6.15. The normalized spacial score (nSPS) is 12.1. The third-order valence-corrected chi connectivity index (χ3v) is 4.24. The van der Waals surface area contributed by atoms with Crippen LogP contribution in [0.25, 0.3) is 11.1 Å². The molecule has 0 saturated carbocycles. The molecule has 0 atom stereocenters. The number of benzene rings is 1. The Morgan fingerprint density at radius 1 is 1.00 bits per heavy atom. The minimum Gasteiger partial charge on any atom is -0.345 e. The highest BCUT2D eigenvalue weighted by atomic mass is 35.5. The summed E-state index contributed by atoms with van der Waals surface area (Å²) in [5.74, 6) is 0.811. The molecule has 3 rings (SSSR count). The molecular formula is C22H17ClF3N5. The van der Waals surface area contributed by atoms with E-state index in [0.717, 1.165) is 35.6 Å². The molecule has 2 aromatic heterocycles. The lowest BCUT2D eigenvalue weighted by atomic mass is 10.1. The van der Waals surface area contributed by atoms with Gasteiger partial charge in [0.25, 0.3) is 0 Å². The highest BCUT2D eigenvalue weighted by Gasteiger charge is 2.31. The van der Waals surface area contributed by atoms with Gasteiger partial charge in [-0.15, -0.1) is 0 Å². The van der Waals surface area contributed by atoms with Gasteiger partial charge >= 0.3 is 6.18 Å². The van der Waals surface area contributed by atoms with Gasteiger partial charge < -0.3 is 10.6 Å². The number of pyridine rings is 1. The van der Waals surface area contributed by atoms with Crippen molar-refractivity contribution in [2.75, 3.05) is 10.6 Å². The average Bonchev–Trinajstić information content (AvgIpc) is 2.76. The molecule has 0 fully saturated rings. The monoisotopic (exact) mass is 443 g/mol. The van der Waals surface area contributed by atoms with Crippen LogP contribution in [0.15, 0.2) is 91.4 Å². The van der Waals surface area contributed by atoms with Crippen LogP contribution in [0.3, 0.4) is 0 Å². The first-order valence-electron chi connectivity index (χ1n) is 9.01. The first-order chi connectivity index (χ1) is 14.9. The van der Waals surface area contributed by atoms with Gasteiger partial charge in [-0.2, -0.15) is 18.2 Å². The van der Waals surface area contributed by atoms with Gasteiger partial charge in [-0.3, -0.25) is 0 Å². The molecule has 0 saturated heterocycles. The molecule has 2 N–H and O–H groups in total. The van der Waals surface area contributed by atoms with Crippen LogP contribution in [0.5, 0.6) is 0 Å². The highest BCUT2D eigenvalue weighted by Crippen LogP contribution is 2.27. The lowest BCUT2D eigenvalue weighted by Crippen LogP contribution is -2.10. The number of hydrogen-bond acceptors (Lipinski definition) is 5. The summed E-state index contributed by atoms with van der Waals surface area (Å²) in [5, 5.41) is 5.71. The summed E-state index contributed by atoms with van der Waals surface area (Å²) in [6.45, 7) is 3.28. The van der Waals surface area contributed by atoms with Crippen molar-refractivity contribution in [1.29, 1.82) is 0 Å². The van der Waals surface area contributed by atoms with Gasteiger partial charge in [-0.05, 0) is 23.8 Å². The van der Waals surface area contributed by atoms with E-state index in [1.54, 1.807) is 12.3 Å². The summed E-state index contributed by atoms with van der Waals surface area (Å²) in [5.41, 5.74) is 1.11. The minimum absolute atomic E-state index is 0.136. The Kier molecular flexibility index (Phi) is 7.04. The summed E-state index contributed by atoms with van der Waals surface area (Å²) >= 11 is 6.04. The summed E-state index contributed by atoms with van der Waals surface area (Å²) in [7, 11) is 0. The van der Waals surface area contributed by atoms with Gasteiger partial charge in [0.2, 0.25) is 5.95 Å². The fraction of sp³-hybridized carbons (Fsp3) is 0.0455. The van der Waals surface area contributed by atoms with E-state index in [-0.39, 0.29) is 16.8 Å². The number of allylic oxidation sites excluding steroid dienone is 4. The molecule has 2 heterocycles. The van der Waals surface area contributed by atoms with Gasteiger partial charge in [-0.25, -0.2) is 9.97 Å². The Balaban J connectivity index is 1.72. The number of rotatable bonds is 7. The zero-order valence-electron chi connectivity index (χ0n) is 16.1. The number of hydrogen-bond donors (Lipinski definition) is 2. The van der Waals surface area contributed by atoms with Crippen molar-refractivity contribution in [1.82, 2.24) is 15.0 Å². The molecule has 9 heteroatoms. The zero-order chi connectivity index (χ0) is 22.3. The van der Waals surface area contributed by atoms with Crippen LogP contribution in [0.2, 0.25) is 5.02 Å². The first-order valence-corrected chi connectivity index (χ1v) is 9.38. The summed E-state index contributed by atoms with van der Waals surface area (Å²) in [4.78, 5) is 12.6. The second-order valence-corrected chi connectivity index (χ2v) is 6.55. The van der Waals surface area contributed by atoms with Crippen LogP contribution >= 0.6 is 11.6 Å². The smallest absolute Gasteiger partial charge is 0.345 e. The quantitative estimate of drug-likeness (QED) is 0.406. The lowest BCUT2D eigenvalue weighted by Gasteiger charge is -2.09. The zero-order valence-corrected chi connectivity index (χ0v) is 16.8. The highest BCUT2D eigenvalue weighted by molar-refractivity contribution is 6.32. The number of nitrogens with one attached hydrogen (secondary N) is 2. The van der Waals surface area contributed by atoms with Gasteiger partial charge in [0, 0.05) is 18.0 Å². The van der Waals surface area contributed by atoms with Crippen molar-refractivity contribution in [3.05, 3.63) is 96.5 Å². The van der Waals surface area contributed by atoms with Gasteiger partial charge in [-0.1, -0.05) is 60.7 Å². The Morgan fingerprint density at radius 2 is 1.77 bits per heavy atom. The number of aromatic nitrogens is 3. The van der Waals surface area contributed by atoms with Crippen LogP contribution in [0.4, 0.5) is 30.8 Å². The molecule has 0 aliphatic rings. The third-order valence-electron chi connectivity index (χ3n) is 3.96. The van der Waals surface area contributed by atoms with Crippen molar-refractivity contribution < 1.29 is 13.2 Å². The fourth-order valence-corrected chi connectivity index (χ4v) is 2.64. The Hall–Kier alpha value is -3.65. The maximum Gasteiger partial charge on any atom is 0.416 e. The minimum atomic E-state index is -4.51. The topological polar surface area (TPSA) is 62.7 Å². The summed E-state index contributed by atoms with van der Waals surface area (Å²) < 4.78 is 38.7. The molecule has 1 aromatic carbocycles. The second kappa shape index (κ2) is 9.90. The molecule has 31 heavy (non-hydrogen) atoms. The molecule has 0 aliphatic heterocycles. The number of alkyl halides is 3. The SMILES string of the molecule is C=C/C=C(\C=C\Nc1nc(Nc2ccc(-c3ccccc3)cn2)ncc1Cl)C(F)(F)F. The van der Waals surface area contributed by atoms with Crippen LogP contribution in [-0.2, 0) is 0 Å². The molecule has 0 unspecified atom stereocenters. The molecule has 0 radical (unpaired) electrons. The van der Waals surface area contributed by atoms with E-state index in [0.29, 0.717) is 5.82 Å². The Morgan fingerprint density at radius 3 is 2.42 bits per heavy atom. The van der Waals surface area contributed by atoms with Crippen LogP contribution < -0.4 is 10.6 Å². The van der Waals surface area contributed by atoms with Crippen molar-refractivity contribution in [3.63, 3.8) is 0 Å². The van der Waals surface area contributed by atoms with Crippen LogP contribution in [-0.4, -0.2) is 21.1 Å². The third kappa shape index (κ3) is 6.16. The standard InChI is InChI=1S/C22H17ClF3N5/c1-2-6-17(22(24,25)26)11-12-27-20-18(23)14-29-21(31-20)30-19-10-9-16(13-28-19)15-7-4-3-5-8-15/h2-14H,1H2,(H2,27,28,29,30,31)/b12-11+,17-6+. The number of nitrogens with zero attached hydrogens (tertiary/aromatic N) is 3. The Labute approximate surface area is 182 Å². The van der Waals surface area contributed by atoms with E-state index in [4.69, 9.17) is 11.6 Å². The Bertz CT molecular complexity index is 1090. The predicted molar refractivity (Wildman–Crippen MR) is 117 cm³/mol. The van der Waals surface area contributed by atoms with Gasteiger partial charge in [0.15, 0.2) is 5.82 Å². The molecule has 5 nitrogen and oxygen atoms in total. The first kappa shape index (κ1) is 22.0. The van der Waals surface area contributed by atoms with E-state index in [1.807, 2.05) is 36.4 Å². The fourth-order valence-electron chi connectivity index (χ4n) is 2.49. The number of halogens is 4. The molecule has 0 amide bonds. The molecule has 0 spiro atoms. The van der Waals surface area contributed by atoms with E-state index in [1.165, 1.54) is 6.20 Å². The van der Waals surface area contributed by atoms with Crippen LogP contribution in [0, 0.1) is 0 Å². The van der Waals surface area contributed by atoms with E-state index < -0.39 is 11.7 Å². The van der Waals surface area contributed by atoms with Crippen molar-refractivity contribution in [2.24, 2.45) is 0 Å². The predicted octanol–water partition coefficient (Wildman–Crippen LogP) is 6.54. The summed E-state index contributed by atoms with van der Waals surface area (Å²) in [6, 6.07) is 13.4. The van der Waals surface area contributed by atoms with Gasteiger partial charge in [0.05, 0.1) is 11.8 Å². The summed E-state index contributed by atoms with van der Waals surface area (Å²) in [6.07, 6.45) is 2.40. The van der Waals surface area contributed by atoms with Crippen molar-refractivity contribution in [3.8, 4) is 11.1 Å². The van der Waals surface area contributed by atoms with E-state index in [2.05, 4.69) is 32.2 Å². The van der Waals surface area contributed by atoms with Gasteiger partial charge in [0.1, 0.15) is 10.8 Å². The largest absolute Gasteiger partial charge is 0.416 e. The van der Waals surface area contributed by atoms with E-state index in [9.17, 15) is 13.2 Å². The molecule has 0 bridgehead atoms.